The van der Waals surface area contributed by atoms with Crippen LogP contribution in [0.4, 0.5) is 0 Å². The highest BCUT2D eigenvalue weighted by atomic mass is 16.5. The average molecular weight is 251 g/mol. The molecular weight excluding hydrogens is 234 g/mol. The van der Waals surface area contributed by atoms with Gasteiger partial charge in [0.1, 0.15) is 0 Å². The van der Waals surface area contributed by atoms with Crippen molar-refractivity contribution in [2.75, 3.05) is 13.2 Å². The van der Waals surface area contributed by atoms with E-state index >= 15 is 0 Å². The fourth-order valence-corrected chi connectivity index (χ4v) is 2.52. The number of fused-ring (bicyclic) bond motifs is 2. The SMILES string of the molecule is NCCOCc1c2ccccc2cc2ccccc12. The molecular formula is C17H17NO. The van der Waals surface area contributed by atoms with Gasteiger partial charge in [0, 0.05) is 6.54 Å². The Balaban J connectivity index is 2.21. The molecule has 19 heavy (non-hydrogen) atoms. The van der Waals surface area contributed by atoms with E-state index < -0.39 is 0 Å². The topological polar surface area (TPSA) is 35.2 Å². The first kappa shape index (κ1) is 12.2. The molecule has 0 atom stereocenters. The summed E-state index contributed by atoms with van der Waals surface area (Å²) >= 11 is 0. The quantitative estimate of drug-likeness (QED) is 0.569. The Labute approximate surface area is 112 Å². The molecule has 0 aliphatic rings. The molecule has 2 N–H and O–H groups in total. The Morgan fingerprint density at radius 1 is 0.842 bits per heavy atom. The van der Waals surface area contributed by atoms with Crippen molar-refractivity contribution in [1.29, 1.82) is 0 Å². The van der Waals surface area contributed by atoms with Crippen molar-refractivity contribution in [1.82, 2.24) is 0 Å². The third-order valence-corrected chi connectivity index (χ3v) is 3.39. The average Bonchev–Trinajstić information content (AvgIpc) is 2.46. The predicted molar refractivity (Wildman–Crippen MR) is 80.2 cm³/mol. The lowest BCUT2D eigenvalue weighted by Gasteiger charge is -2.11. The lowest BCUT2D eigenvalue weighted by Crippen LogP contribution is -2.08. The van der Waals surface area contributed by atoms with Crippen LogP contribution in [0.2, 0.25) is 0 Å². The predicted octanol–water partition coefficient (Wildman–Crippen LogP) is 3.47. The summed E-state index contributed by atoms with van der Waals surface area (Å²) in [5.74, 6) is 0. The summed E-state index contributed by atoms with van der Waals surface area (Å²) in [4.78, 5) is 0. The van der Waals surface area contributed by atoms with Crippen LogP contribution in [-0.2, 0) is 11.3 Å². The molecule has 0 heterocycles. The van der Waals surface area contributed by atoms with Gasteiger partial charge in [-0.25, -0.2) is 0 Å². The number of nitrogens with two attached hydrogens (primary N) is 1. The Bertz CT molecular complexity index is 652. The van der Waals surface area contributed by atoms with Gasteiger partial charge in [0.15, 0.2) is 0 Å². The van der Waals surface area contributed by atoms with E-state index in [4.69, 9.17) is 10.5 Å². The fourth-order valence-electron chi connectivity index (χ4n) is 2.52. The second-order valence-electron chi connectivity index (χ2n) is 4.64. The van der Waals surface area contributed by atoms with Crippen molar-refractivity contribution < 1.29 is 4.74 Å². The molecule has 3 aromatic rings. The van der Waals surface area contributed by atoms with Crippen LogP contribution in [0.1, 0.15) is 5.56 Å². The van der Waals surface area contributed by atoms with Gasteiger partial charge in [0.2, 0.25) is 0 Å². The third-order valence-electron chi connectivity index (χ3n) is 3.39. The van der Waals surface area contributed by atoms with Crippen LogP contribution in [0, 0.1) is 0 Å². The maximum absolute atomic E-state index is 5.66. The van der Waals surface area contributed by atoms with Gasteiger partial charge in [-0.3, -0.25) is 0 Å². The minimum atomic E-state index is 0.558. The first-order chi connectivity index (χ1) is 9.40. The Morgan fingerprint density at radius 3 is 2.00 bits per heavy atom. The van der Waals surface area contributed by atoms with Crippen LogP contribution in [0.15, 0.2) is 54.6 Å². The van der Waals surface area contributed by atoms with Crippen LogP contribution >= 0.6 is 0 Å². The van der Waals surface area contributed by atoms with Crippen LogP contribution < -0.4 is 5.73 Å². The molecule has 96 valence electrons. The number of ether oxygens (including phenoxy) is 1. The number of rotatable bonds is 4. The van der Waals surface area contributed by atoms with Gasteiger partial charge in [0.25, 0.3) is 0 Å². The maximum Gasteiger partial charge on any atom is 0.0729 e. The molecule has 0 aliphatic heterocycles. The molecule has 3 aromatic carbocycles. The highest BCUT2D eigenvalue weighted by molar-refractivity contribution is 6.02. The van der Waals surface area contributed by atoms with Gasteiger partial charge < -0.3 is 10.5 Å². The largest absolute Gasteiger partial charge is 0.375 e. The number of benzene rings is 3. The van der Waals surface area contributed by atoms with E-state index in [0.29, 0.717) is 19.8 Å². The zero-order valence-electron chi connectivity index (χ0n) is 10.8. The summed E-state index contributed by atoms with van der Waals surface area (Å²) in [6.45, 7) is 1.76. The molecule has 0 saturated heterocycles. The van der Waals surface area contributed by atoms with Gasteiger partial charge in [-0.05, 0) is 33.2 Å². The maximum atomic E-state index is 5.66. The van der Waals surface area contributed by atoms with Crippen molar-refractivity contribution in [2.45, 2.75) is 6.61 Å². The molecule has 2 nitrogen and oxygen atoms in total. The van der Waals surface area contributed by atoms with E-state index in [2.05, 4.69) is 54.6 Å². The second-order valence-corrected chi connectivity index (χ2v) is 4.64. The molecule has 3 rings (SSSR count). The Morgan fingerprint density at radius 2 is 1.42 bits per heavy atom. The highest BCUT2D eigenvalue weighted by Crippen LogP contribution is 2.28. The normalized spacial score (nSPS) is 11.2. The van der Waals surface area contributed by atoms with Crippen molar-refractivity contribution >= 4 is 21.5 Å². The minimum Gasteiger partial charge on any atom is -0.375 e. The van der Waals surface area contributed by atoms with Gasteiger partial charge >= 0.3 is 0 Å². The number of hydrogen-bond donors (Lipinski definition) is 1. The van der Waals surface area contributed by atoms with Gasteiger partial charge in [-0.1, -0.05) is 48.5 Å². The van der Waals surface area contributed by atoms with Crippen molar-refractivity contribution in [2.24, 2.45) is 5.73 Å². The summed E-state index contributed by atoms with van der Waals surface area (Å²) in [5.41, 5.74) is 6.74. The monoisotopic (exact) mass is 251 g/mol. The van der Waals surface area contributed by atoms with E-state index in [0.717, 1.165) is 0 Å². The summed E-state index contributed by atoms with van der Waals surface area (Å²) in [6.07, 6.45) is 0. The van der Waals surface area contributed by atoms with E-state index in [-0.39, 0.29) is 0 Å². The lowest BCUT2D eigenvalue weighted by atomic mass is 9.97. The summed E-state index contributed by atoms with van der Waals surface area (Å²) < 4.78 is 5.66. The number of hydrogen-bond acceptors (Lipinski definition) is 2. The Hall–Kier alpha value is -1.90. The van der Waals surface area contributed by atoms with Crippen molar-refractivity contribution in [3.8, 4) is 0 Å². The van der Waals surface area contributed by atoms with Crippen molar-refractivity contribution in [3.63, 3.8) is 0 Å². The van der Waals surface area contributed by atoms with Crippen LogP contribution in [0.25, 0.3) is 21.5 Å². The first-order valence-corrected chi connectivity index (χ1v) is 6.57. The molecule has 0 spiro atoms. The standard InChI is InChI=1S/C17H17NO/c18-9-10-19-12-17-15-7-3-1-5-13(15)11-14-6-2-4-8-16(14)17/h1-8,11H,9-10,12,18H2. The molecule has 0 aliphatic carbocycles. The summed E-state index contributed by atoms with van der Waals surface area (Å²) in [6, 6.07) is 19.1. The summed E-state index contributed by atoms with van der Waals surface area (Å²) in [7, 11) is 0. The molecule has 2 heteroatoms. The molecule has 0 saturated carbocycles. The second kappa shape index (κ2) is 5.39. The molecule has 0 fully saturated rings. The minimum absolute atomic E-state index is 0.558. The molecule has 0 unspecified atom stereocenters. The van der Waals surface area contributed by atoms with Crippen LogP contribution in [0.3, 0.4) is 0 Å². The molecule has 0 amide bonds. The summed E-state index contributed by atoms with van der Waals surface area (Å²) in [5, 5.41) is 5.04. The lowest BCUT2D eigenvalue weighted by molar-refractivity contribution is 0.130. The van der Waals surface area contributed by atoms with Gasteiger partial charge in [-0.2, -0.15) is 0 Å². The highest BCUT2D eigenvalue weighted by Gasteiger charge is 2.06. The van der Waals surface area contributed by atoms with E-state index in [1.165, 1.54) is 27.1 Å². The Kier molecular flexibility index (Phi) is 3.45. The van der Waals surface area contributed by atoms with E-state index in [1.807, 2.05) is 0 Å². The van der Waals surface area contributed by atoms with Crippen molar-refractivity contribution in [3.05, 3.63) is 60.2 Å². The van der Waals surface area contributed by atoms with Crippen LogP contribution in [-0.4, -0.2) is 13.2 Å². The van der Waals surface area contributed by atoms with E-state index in [1.54, 1.807) is 0 Å². The molecule has 0 bridgehead atoms. The zero-order chi connectivity index (χ0) is 13.1. The van der Waals surface area contributed by atoms with E-state index in [9.17, 15) is 0 Å². The van der Waals surface area contributed by atoms with Crippen LogP contribution in [0.5, 0.6) is 0 Å². The smallest absolute Gasteiger partial charge is 0.0729 e. The first-order valence-electron chi connectivity index (χ1n) is 6.57. The molecule has 0 aromatic heterocycles. The fraction of sp³-hybridized carbons (Fsp3) is 0.176. The van der Waals surface area contributed by atoms with Gasteiger partial charge in [-0.15, -0.1) is 0 Å². The van der Waals surface area contributed by atoms with Gasteiger partial charge in [0.05, 0.1) is 13.2 Å². The third kappa shape index (κ3) is 2.33. The molecule has 0 radical (unpaired) electrons. The zero-order valence-corrected chi connectivity index (χ0v) is 10.8.